The van der Waals surface area contributed by atoms with Gasteiger partial charge in [-0.25, -0.2) is 9.69 Å². The molecule has 0 unspecified atom stereocenters. The molecule has 0 aromatic heterocycles. The molecule has 1 heterocycles. The van der Waals surface area contributed by atoms with Crippen LogP contribution in [0.15, 0.2) is 77.2 Å². The van der Waals surface area contributed by atoms with E-state index in [0.29, 0.717) is 29.4 Å². The Hall–Kier alpha value is -4.04. The standard InChI is InChI=1S/C28H26N2O5S/c1-18-4-9-21(10-5-18)30-27(32)23(26(31)29-28(30)33)16-20-8-13-24(25(17-20)34-3)35-14-15-36-22-11-6-19(2)7-12-22/h4-13,16-17H,14-15H2,1-3H3,(H,29,31,33)/b23-16-. The monoisotopic (exact) mass is 502 g/mol. The second-order valence-electron chi connectivity index (χ2n) is 8.21. The van der Waals surface area contributed by atoms with Crippen LogP contribution in [0.4, 0.5) is 10.5 Å². The zero-order valence-electron chi connectivity index (χ0n) is 20.2. The predicted molar refractivity (Wildman–Crippen MR) is 141 cm³/mol. The van der Waals surface area contributed by atoms with Crippen LogP contribution in [0.3, 0.4) is 0 Å². The highest BCUT2D eigenvalue weighted by atomic mass is 32.2. The van der Waals surface area contributed by atoms with Crippen LogP contribution >= 0.6 is 11.8 Å². The quantitative estimate of drug-likeness (QED) is 0.199. The van der Waals surface area contributed by atoms with Gasteiger partial charge in [-0.1, -0.05) is 41.5 Å². The summed E-state index contributed by atoms with van der Waals surface area (Å²) in [7, 11) is 1.52. The maximum atomic E-state index is 13.1. The number of thioether (sulfide) groups is 1. The maximum Gasteiger partial charge on any atom is 0.335 e. The molecule has 1 saturated heterocycles. The molecule has 4 amide bonds. The van der Waals surface area contributed by atoms with Gasteiger partial charge < -0.3 is 9.47 Å². The van der Waals surface area contributed by atoms with Crippen molar-refractivity contribution in [2.24, 2.45) is 0 Å². The Labute approximate surface area is 214 Å². The van der Waals surface area contributed by atoms with E-state index in [0.717, 1.165) is 16.2 Å². The number of carbonyl (C=O) groups is 3. The molecule has 184 valence electrons. The molecular formula is C28H26N2O5S. The fourth-order valence-corrected chi connectivity index (χ4v) is 4.32. The number of benzene rings is 3. The van der Waals surface area contributed by atoms with Gasteiger partial charge in [0, 0.05) is 10.6 Å². The lowest BCUT2D eigenvalue weighted by Crippen LogP contribution is -2.54. The van der Waals surface area contributed by atoms with E-state index in [1.807, 2.05) is 6.92 Å². The van der Waals surface area contributed by atoms with Crippen LogP contribution in [0.25, 0.3) is 6.08 Å². The first kappa shape index (κ1) is 25.1. The number of ether oxygens (including phenoxy) is 2. The summed E-state index contributed by atoms with van der Waals surface area (Å²) in [5.74, 6) is 0.343. The number of carbonyl (C=O) groups excluding carboxylic acids is 3. The molecule has 1 aliphatic heterocycles. The van der Waals surface area contributed by atoms with Crippen LogP contribution < -0.4 is 19.7 Å². The van der Waals surface area contributed by atoms with Gasteiger partial charge in [0.2, 0.25) is 0 Å². The van der Waals surface area contributed by atoms with Gasteiger partial charge in [-0.2, -0.15) is 0 Å². The van der Waals surface area contributed by atoms with Crippen molar-refractivity contribution in [3.05, 3.63) is 89.0 Å². The number of nitrogens with one attached hydrogen (secondary N) is 1. The molecule has 0 bridgehead atoms. The Kier molecular flexibility index (Phi) is 7.75. The molecule has 36 heavy (non-hydrogen) atoms. The number of methoxy groups -OCH3 is 1. The molecule has 0 radical (unpaired) electrons. The summed E-state index contributed by atoms with van der Waals surface area (Å²) in [6.45, 7) is 4.43. The number of anilines is 1. The number of rotatable bonds is 8. The van der Waals surface area contributed by atoms with Crippen LogP contribution in [-0.2, 0) is 9.59 Å². The summed E-state index contributed by atoms with van der Waals surface area (Å²) >= 11 is 1.70. The third kappa shape index (κ3) is 5.78. The number of barbiturate groups is 1. The third-order valence-corrected chi connectivity index (χ3v) is 6.50. The zero-order chi connectivity index (χ0) is 25.7. The van der Waals surface area contributed by atoms with Crippen molar-refractivity contribution in [1.29, 1.82) is 0 Å². The second-order valence-corrected chi connectivity index (χ2v) is 9.38. The largest absolute Gasteiger partial charge is 0.493 e. The molecule has 1 N–H and O–H groups in total. The van der Waals surface area contributed by atoms with E-state index in [2.05, 4.69) is 36.5 Å². The number of amides is 4. The molecule has 8 heteroatoms. The normalized spacial score (nSPS) is 14.7. The van der Waals surface area contributed by atoms with Gasteiger partial charge in [0.15, 0.2) is 11.5 Å². The zero-order valence-corrected chi connectivity index (χ0v) is 21.1. The van der Waals surface area contributed by atoms with Gasteiger partial charge in [0.05, 0.1) is 19.4 Å². The smallest absolute Gasteiger partial charge is 0.335 e. The highest BCUT2D eigenvalue weighted by molar-refractivity contribution is 7.99. The number of aryl methyl sites for hydroxylation is 2. The van der Waals surface area contributed by atoms with Gasteiger partial charge in [-0.3, -0.25) is 14.9 Å². The van der Waals surface area contributed by atoms with E-state index in [4.69, 9.17) is 9.47 Å². The topological polar surface area (TPSA) is 84.9 Å². The number of imide groups is 2. The lowest BCUT2D eigenvalue weighted by molar-refractivity contribution is -0.122. The first-order chi connectivity index (χ1) is 17.4. The van der Waals surface area contributed by atoms with E-state index in [-0.39, 0.29) is 5.57 Å². The number of hydrogen-bond donors (Lipinski definition) is 1. The van der Waals surface area contributed by atoms with E-state index >= 15 is 0 Å². The third-order valence-electron chi connectivity index (χ3n) is 5.52. The van der Waals surface area contributed by atoms with Gasteiger partial charge in [-0.05, 0) is 61.9 Å². The summed E-state index contributed by atoms with van der Waals surface area (Å²) in [4.78, 5) is 40.1. The summed E-state index contributed by atoms with van der Waals surface area (Å²) in [5.41, 5.74) is 2.99. The fourth-order valence-electron chi connectivity index (χ4n) is 3.59. The molecular weight excluding hydrogens is 476 g/mol. The van der Waals surface area contributed by atoms with Gasteiger partial charge >= 0.3 is 6.03 Å². The van der Waals surface area contributed by atoms with Crippen molar-refractivity contribution in [3.8, 4) is 11.5 Å². The lowest BCUT2D eigenvalue weighted by atomic mass is 10.1. The van der Waals surface area contributed by atoms with E-state index in [1.165, 1.54) is 23.6 Å². The highest BCUT2D eigenvalue weighted by Crippen LogP contribution is 2.30. The molecule has 0 aliphatic carbocycles. The summed E-state index contributed by atoms with van der Waals surface area (Å²) in [5, 5.41) is 2.23. The summed E-state index contributed by atoms with van der Waals surface area (Å²) < 4.78 is 11.4. The lowest BCUT2D eigenvalue weighted by Gasteiger charge is -2.26. The van der Waals surface area contributed by atoms with Crippen LogP contribution in [-0.4, -0.2) is 37.3 Å². The van der Waals surface area contributed by atoms with Gasteiger partial charge in [0.1, 0.15) is 5.57 Å². The highest BCUT2D eigenvalue weighted by Gasteiger charge is 2.36. The Bertz CT molecular complexity index is 1320. The van der Waals surface area contributed by atoms with Crippen molar-refractivity contribution in [2.75, 3.05) is 24.4 Å². The molecule has 1 fully saturated rings. The molecule has 3 aromatic rings. The summed E-state index contributed by atoms with van der Waals surface area (Å²) in [6.07, 6.45) is 1.44. The first-order valence-corrected chi connectivity index (χ1v) is 12.3. The van der Waals surface area contributed by atoms with E-state index in [1.54, 1.807) is 54.2 Å². The van der Waals surface area contributed by atoms with Crippen molar-refractivity contribution in [3.63, 3.8) is 0 Å². The molecule has 0 spiro atoms. The molecule has 1 aliphatic rings. The fraction of sp³-hybridized carbons (Fsp3) is 0.179. The van der Waals surface area contributed by atoms with Crippen molar-refractivity contribution >= 4 is 41.4 Å². The molecule has 7 nitrogen and oxygen atoms in total. The predicted octanol–water partition coefficient (Wildman–Crippen LogP) is 5.15. The van der Waals surface area contributed by atoms with Crippen LogP contribution in [0.5, 0.6) is 11.5 Å². The van der Waals surface area contributed by atoms with Crippen LogP contribution in [0.2, 0.25) is 0 Å². The Balaban J connectivity index is 1.47. The van der Waals surface area contributed by atoms with E-state index in [9.17, 15) is 14.4 Å². The SMILES string of the molecule is COc1cc(/C=C2/C(=O)NC(=O)N(c3ccc(C)cc3)C2=O)ccc1OCCSc1ccc(C)cc1. The maximum absolute atomic E-state index is 13.1. The Morgan fingerprint density at radius 3 is 2.22 bits per heavy atom. The number of nitrogens with zero attached hydrogens (tertiary/aromatic N) is 1. The van der Waals surface area contributed by atoms with Gasteiger partial charge in [0.25, 0.3) is 11.8 Å². The number of hydrogen-bond acceptors (Lipinski definition) is 6. The first-order valence-electron chi connectivity index (χ1n) is 11.3. The molecule has 0 saturated carbocycles. The molecule has 4 rings (SSSR count). The minimum absolute atomic E-state index is 0.152. The minimum Gasteiger partial charge on any atom is -0.493 e. The molecule has 0 atom stereocenters. The number of urea groups is 1. The van der Waals surface area contributed by atoms with Gasteiger partial charge in [-0.15, -0.1) is 11.8 Å². The second kappa shape index (κ2) is 11.1. The van der Waals surface area contributed by atoms with Crippen LogP contribution in [0, 0.1) is 13.8 Å². The van der Waals surface area contributed by atoms with Crippen LogP contribution in [0.1, 0.15) is 16.7 Å². The van der Waals surface area contributed by atoms with Crippen molar-refractivity contribution in [2.45, 2.75) is 18.7 Å². The van der Waals surface area contributed by atoms with E-state index < -0.39 is 17.8 Å². The van der Waals surface area contributed by atoms with Crippen molar-refractivity contribution in [1.82, 2.24) is 5.32 Å². The average Bonchev–Trinajstić information content (AvgIpc) is 2.87. The molecule has 3 aromatic carbocycles. The average molecular weight is 503 g/mol. The minimum atomic E-state index is -0.782. The van der Waals surface area contributed by atoms with Crippen molar-refractivity contribution < 1.29 is 23.9 Å². The Morgan fingerprint density at radius 1 is 0.889 bits per heavy atom. The Morgan fingerprint density at radius 2 is 1.56 bits per heavy atom. The summed E-state index contributed by atoms with van der Waals surface area (Å²) in [6, 6.07) is 19.6.